The zero-order valence-electron chi connectivity index (χ0n) is 15.8. The molecule has 3 aromatic rings. The van der Waals surface area contributed by atoms with Crippen molar-refractivity contribution in [2.45, 2.75) is 25.1 Å². The van der Waals surface area contributed by atoms with Gasteiger partial charge in [-0.25, -0.2) is 15.0 Å². The molecule has 1 saturated heterocycles. The summed E-state index contributed by atoms with van der Waals surface area (Å²) in [6.07, 6.45) is -2.46. The summed E-state index contributed by atoms with van der Waals surface area (Å²) in [5.41, 5.74) is 4.67. The first-order valence-corrected chi connectivity index (χ1v) is 9.30. The van der Waals surface area contributed by atoms with Crippen LogP contribution in [0.3, 0.4) is 0 Å². The Hall–Kier alpha value is -3.43. The molecule has 0 saturated carbocycles. The molecule has 1 aromatic carbocycles. The van der Waals surface area contributed by atoms with Crippen molar-refractivity contribution < 1.29 is 22.7 Å². The Bertz CT molecular complexity index is 1080. The quantitative estimate of drug-likeness (QED) is 0.700. The molecule has 0 spiro atoms. The van der Waals surface area contributed by atoms with Crippen molar-refractivity contribution in [3.8, 4) is 5.75 Å². The van der Waals surface area contributed by atoms with Crippen LogP contribution in [0.1, 0.15) is 30.1 Å². The van der Waals surface area contributed by atoms with Gasteiger partial charge in [0.2, 0.25) is 0 Å². The van der Waals surface area contributed by atoms with Gasteiger partial charge in [-0.15, -0.1) is 0 Å². The third-order valence-corrected chi connectivity index (χ3v) is 4.98. The van der Waals surface area contributed by atoms with Gasteiger partial charge in [0.25, 0.3) is 5.91 Å². The molecule has 0 unspecified atom stereocenters. The first-order chi connectivity index (χ1) is 14.3. The maximum absolute atomic E-state index is 13.7. The van der Waals surface area contributed by atoms with E-state index in [1.54, 1.807) is 24.3 Å². The number of para-hydroxylation sites is 1. The van der Waals surface area contributed by atoms with Crippen LogP contribution in [0.5, 0.6) is 5.75 Å². The number of halogens is 3. The summed E-state index contributed by atoms with van der Waals surface area (Å²) in [5.74, 6) is -0.0713. The fourth-order valence-electron chi connectivity index (χ4n) is 3.62. The average molecular weight is 417 g/mol. The minimum atomic E-state index is -4.67. The van der Waals surface area contributed by atoms with Gasteiger partial charge in [0.15, 0.2) is 12.3 Å². The number of fused-ring (bicyclic) bond motifs is 1. The lowest BCUT2D eigenvalue weighted by molar-refractivity contribution is -0.136. The number of hydrogen-bond acceptors (Lipinski definition) is 6. The number of nitrogens with zero attached hydrogens (tertiary/aromatic N) is 4. The zero-order valence-corrected chi connectivity index (χ0v) is 15.8. The smallest absolute Gasteiger partial charge is 0.417 e. The maximum Gasteiger partial charge on any atom is 0.417 e. The first kappa shape index (κ1) is 19.9. The summed E-state index contributed by atoms with van der Waals surface area (Å²) in [6, 6.07) is 9.17. The van der Waals surface area contributed by atoms with Gasteiger partial charge < -0.3 is 15.4 Å². The molecule has 0 aliphatic carbocycles. The predicted molar refractivity (Wildman–Crippen MR) is 102 cm³/mol. The van der Waals surface area contributed by atoms with Gasteiger partial charge in [0.05, 0.1) is 22.7 Å². The van der Waals surface area contributed by atoms with E-state index >= 15 is 0 Å². The number of alkyl halides is 3. The van der Waals surface area contributed by atoms with E-state index in [0.717, 1.165) is 12.4 Å². The van der Waals surface area contributed by atoms with Crippen LogP contribution in [-0.4, -0.2) is 38.9 Å². The Morgan fingerprint density at radius 2 is 2.00 bits per heavy atom. The van der Waals surface area contributed by atoms with Crippen molar-refractivity contribution >= 4 is 22.8 Å². The highest BCUT2D eigenvalue weighted by molar-refractivity contribution is 5.89. The molecule has 7 nitrogen and oxygen atoms in total. The molecule has 156 valence electrons. The number of aromatic nitrogens is 3. The molecule has 0 radical (unpaired) electrons. The Labute approximate surface area is 169 Å². The van der Waals surface area contributed by atoms with Gasteiger partial charge in [-0.2, -0.15) is 13.2 Å². The second kappa shape index (κ2) is 7.77. The predicted octanol–water partition coefficient (Wildman–Crippen LogP) is 3.37. The summed E-state index contributed by atoms with van der Waals surface area (Å²) in [6.45, 7) is 0.198. The van der Waals surface area contributed by atoms with E-state index < -0.39 is 17.8 Å². The number of carbonyl (C=O) groups excluding carboxylic acids is 1. The Balaban J connectivity index is 1.64. The van der Waals surface area contributed by atoms with Gasteiger partial charge in [-0.3, -0.25) is 4.79 Å². The number of pyridine rings is 1. The fourth-order valence-corrected chi connectivity index (χ4v) is 3.62. The minimum absolute atomic E-state index is 0.124. The first-order valence-electron chi connectivity index (χ1n) is 9.30. The standard InChI is InChI=1S/C20H18F3N5O2/c21-20(22,23)13-9-14(27-19-17(13)18(24)25-11-26-19)15-7-4-8-28(15)16(29)10-30-12-5-2-1-3-6-12/h1-3,5-6,9,11,15H,4,7-8,10H2,(H2,24,25,26,27)/t15-/m0/s1. The number of amides is 1. The Kier molecular flexibility index (Phi) is 5.15. The largest absolute Gasteiger partial charge is 0.484 e. The number of nitrogens with two attached hydrogens (primary N) is 1. The molecule has 1 aliphatic rings. The van der Waals surface area contributed by atoms with E-state index in [2.05, 4.69) is 15.0 Å². The minimum Gasteiger partial charge on any atom is -0.484 e. The molecule has 2 aromatic heterocycles. The molecule has 30 heavy (non-hydrogen) atoms. The Morgan fingerprint density at radius 1 is 1.23 bits per heavy atom. The van der Waals surface area contributed by atoms with Crippen molar-refractivity contribution in [2.75, 3.05) is 18.9 Å². The highest BCUT2D eigenvalue weighted by Crippen LogP contribution is 2.39. The summed E-state index contributed by atoms with van der Waals surface area (Å²) in [7, 11) is 0. The van der Waals surface area contributed by atoms with Gasteiger partial charge in [-0.05, 0) is 31.0 Å². The molecular weight excluding hydrogens is 399 g/mol. The van der Waals surface area contributed by atoms with Crippen LogP contribution in [0.15, 0.2) is 42.7 Å². The van der Waals surface area contributed by atoms with Gasteiger partial charge in [0, 0.05) is 6.54 Å². The third-order valence-electron chi connectivity index (χ3n) is 4.98. The summed E-state index contributed by atoms with van der Waals surface area (Å²) in [4.78, 5) is 26.0. The van der Waals surface area contributed by atoms with Gasteiger partial charge >= 0.3 is 6.18 Å². The molecule has 3 heterocycles. The molecule has 1 fully saturated rings. The molecule has 2 N–H and O–H groups in total. The van der Waals surface area contributed by atoms with Crippen LogP contribution in [-0.2, 0) is 11.0 Å². The molecular formula is C20H18F3N5O2. The number of carbonyl (C=O) groups is 1. The van der Waals surface area contributed by atoms with Crippen LogP contribution in [0, 0.1) is 0 Å². The summed E-state index contributed by atoms with van der Waals surface area (Å²) >= 11 is 0. The number of benzene rings is 1. The van der Waals surface area contributed by atoms with E-state index in [-0.39, 0.29) is 35.1 Å². The molecule has 1 aliphatic heterocycles. The maximum atomic E-state index is 13.7. The van der Waals surface area contributed by atoms with E-state index in [0.29, 0.717) is 25.1 Å². The van der Waals surface area contributed by atoms with Gasteiger partial charge in [-0.1, -0.05) is 18.2 Å². The molecule has 4 rings (SSSR count). The van der Waals surface area contributed by atoms with E-state index in [1.165, 1.54) is 4.90 Å². The normalized spacial score (nSPS) is 16.8. The summed E-state index contributed by atoms with van der Waals surface area (Å²) in [5, 5.41) is -0.336. The number of hydrogen-bond donors (Lipinski definition) is 1. The molecule has 1 amide bonds. The van der Waals surface area contributed by atoms with E-state index in [1.807, 2.05) is 6.07 Å². The number of ether oxygens (including phenoxy) is 1. The second-order valence-corrected chi connectivity index (χ2v) is 6.90. The Morgan fingerprint density at radius 3 is 2.73 bits per heavy atom. The number of nitrogen functional groups attached to an aromatic ring is 1. The van der Waals surface area contributed by atoms with Gasteiger partial charge in [0.1, 0.15) is 17.9 Å². The lowest BCUT2D eigenvalue weighted by Crippen LogP contribution is -2.35. The third kappa shape index (κ3) is 3.85. The van der Waals surface area contributed by atoms with Crippen molar-refractivity contribution in [3.05, 3.63) is 54.0 Å². The highest BCUT2D eigenvalue weighted by atomic mass is 19.4. The lowest BCUT2D eigenvalue weighted by atomic mass is 10.0. The van der Waals surface area contributed by atoms with Crippen LogP contribution in [0.25, 0.3) is 11.0 Å². The lowest BCUT2D eigenvalue weighted by Gasteiger charge is -2.25. The molecule has 10 heteroatoms. The molecule has 1 atom stereocenters. The van der Waals surface area contributed by atoms with Crippen molar-refractivity contribution in [3.63, 3.8) is 0 Å². The van der Waals surface area contributed by atoms with E-state index in [9.17, 15) is 18.0 Å². The fraction of sp³-hybridized carbons (Fsp3) is 0.300. The van der Waals surface area contributed by atoms with E-state index in [4.69, 9.17) is 10.5 Å². The van der Waals surface area contributed by atoms with Crippen molar-refractivity contribution in [2.24, 2.45) is 0 Å². The second-order valence-electron chi connectivity index (χ2n) is 6.90. The highest BCUT2D eigenvalue weighted by Gasteiger charge is 2.38. The van der Waals surface area contributed by atoms with Crippen molar-refractivity contribution in [1.82, 2.24) is 19.9 Å². The number of likely N-dealkylation sites (tertiary alicyclic amines) is 1. The molecule has 0 bridgehead atoms. The monoisotopic (exact) mass is 417 g/mol. The van der Waals surface area contributed by atoms with Crippen LogP contribution in [0.4, 0.5) is 19.0 Å². The SMILES string of the molecule is Nc1ncnc2nc([C@@H]3CCCN3C(=O)COc3ccccc3)cc(C(F)(F)F)c12. The van der Waals surface area contributed by atoms with Crippen molar-refractivity contribution in [1.29, 1.82) is 0 Å². The number of anilines is 1. The summed E-state index contributed by atoms with van der Waals surface area (Å²) < 4.78 is 46.6. The van der Waals surface area contributed by atoms with Crippen LogP contribution < -0.4 is 10.5 Å². The number of rotatable bonds is 4. The van der Waals surface area contributed by atoms with Crippen LogP contribution in [0.2, 0.25) is 0 Å². The topological polar surface area (TPSA) is 94.2 Å². The van der Waals surface area contributed by atoms with Crippen LogP contribution >= 0.6 is 0 Å². The average Bonchev–Trinajstić information content (AvgIpc) is 3.21. The zero-order chi connectivity index (χ0) is 21.3.